The summed E-state index contributed by atoms with van der Waals surface area (Å²) in [5.41, 5.74) is 1.49. The van der Waals surface area contributed by atoms with Crippen LogP contribution in [-0.4, -0.2) is 9.55 Å². The Balaban J connectivity index is 1.60. The Morgan fingerprint density at radius 3 is 2.73 bits per heavy atom. The third kappa shape index (κ3) is 3.27. The first-order chi connectivity index (χ1) is 10.8. The lowest BCUT2D eigenvalue weighted by Crippen LogP contribution is -2.20. The third-order valence-corrected chi connectivity index (χ3v) is 5.89. The maximum absolute atomic E-state index is 12.7. The summed E-state index contributed by atoms with van der Waals surface area (Å²) in [4.78, 5) is 19.6. The molecule has 0 saturated carbocycles. The summed E-state index contributed by atoms with van der Waals surface area (Å²) in [6.45, 7) is 3.07. The Hall–Kier alpha value is -1.16. The average molecular weight is 318 g/mol. The minimum atomic E-state index is 0.190. The van der Waals surface area contributed by atoms with E-state index in [-0.39, 0.29) is 5.56 Å². The molecule has 0 atom stereocenters. The van der Waals surface area contributed by atoms with E-state index in [1.165, 1.54) is 55.4 Å². The van der Waals surface area contributed by atoms with Gasteiger partial charge in [0.05, 0.1) is 11.7 Å². The smallest absolute Gasteiger partial charge is 0.262 e. The molecule has 0 aliphatic heterocycles. The van der Waals surface area contributed by atoms with Gasteiger partial charge < -0.3 is 0 Å². The molecule has 4 heteroatoms. The molecule has 0 saturated heterocycles. The predicted molar refractivity (Wildman–Crippen MR) is 93.9 cm³/mol. The Morgan fingerprint density at radius 1 is 1.14 bits per heavy atom. The summed E-state index contributed by atoms with van der Waals surface area (Å²) >= 11 is 1.72. The van der Waals surface area contributed by atoms with Gasteiger partial charge in [-0.25, -0.2) is 4.98 Å². The van der Waals surface area contributed by atoms with Gasteiger partial charge in [0, 0.05) is 11.4 Å². The quantitative estimate of drug-likeness (QED) is 0.661. The number of hydrogen-bond acceptors (Lipinski definition) is 3. The van der Waals surface area contributed by atoms with E-state index in [0.717, 1.165) is 36.0 Å². The first-order valence-corrected chi connectivity index (χ1v) is 9.62. The monoisotopic (exact) mass is 318 g/mol. The first kappa shape index (κ1) is 15.7. The topological polar surface area (TPSA) is 34.9 Å². The minimum Gasteiger partial charge on any atom is -0.299 e. The van der Waals surface area contributed by atoms with Gasteiger partial charge in [0.2, 0.25) is 0 Å². The van der Waals surface area contributed by atoms with Crippen molar-refractivity contribution >= 4 is 21.6 Å². The lowest BCUT2D eigenvalue weighted by Gasteiger charge is -2.06. The second-order valence-corrected chi connectivity index (χ2v) is 7.49. The molecule has 2 aromatic heterocycles. The molecule has 0 aromatic carbocycles. The van der Waals surface area contributed by atoms with E-state index < -0.39 is 0 Å². The third-order valence-electron chi connectivity index (χ3n) is 4.69. The van der Waals surface area contributed by atoms with E-state index in [0.29, 0.717) is 0 Å². The van der Waals surface area contributed by atoms with E-state index in [2.05, 4.69) is 11.9 Å². The number of hydrogen-bond donors (Lipinski definition) is 0. The van der Waals surface area contributed by atoms with E-state index in [1.54, 1.807) is 17.7 Å². The Kier molecular flexibility index (Phi) is 5.29. The Labute approximate surface area is 136 Å². The number of thiophene rings is 1. The van der Waals surface area contributed by atoms with Gasteiger partial charge >= 0.3 is 0 Å². The molecule has 3 nitrogen and oxygen atoms in total. The van der Waals surface area contributed by atoms with Gasteiger partial charge in [-0.3, -0.25) is 9.36 Å². The molecule has 0 amide bonds. The van der Waals surface area contributed by atoms with Crippen molar-refractivity contribution < 1.29 is 0 Å². The van der Waals surface area contributed by atoms with Crippen molar-refractivity contribution in [3.8, 4) is 0 Å². The molecule has 2 heterocycles. The van der Waals surface area contributed by atoms with Gasteiger partial charge in [0.1, 0.15) is 4.83 Å². The second kappa shape index (κ2) is 7.40. The molecular formula is C18H26N2OS. The van der Waals surface area contributed by atoms with Crippen LogP contribution in [-0.2, 0) is 19.4 Å². The van der Waals surface area contributed by atoms with Crippen LogP contribution < -0.4 is 5.56 Å². The second-order valence-electron chi connectivity index (χ2n) is 6.40. The zero-order valence-corrected chi connectivity index (χ0v) is 14.4. The van der Waals surface area contributed by atoms with Crippen molar-refractivity contribution in [2.75, 3.05) is 0 Å². The highest BCUT2D eigenvalue weighted by molar-refractivity contribution is 7.18. The summed E-state index contributed by atoms with van der Waals surface area (Å²) in [6.07, 6.45) is 14.1. The maximum atomic E-state index is 12.7. The molecule has 0 bridgehead atoms. The molecule has 0 spiro atoms. The van der Waals surface area contributed by atoms with E-state index >= 15 is 0 Å². The standard InChI is InChI=1S/C18H26N2OS/c1-2-3-4-5-6-7-8-12-20-13-19-17-16(18(20)21)14-10-9-11-15(14)22-17/h13H,2-12H2,1H3. The normalized spacial score (nSPS) is 13.9. The summed E-state index contributed by atoms with van der Waals surface area (Å²) in [5, 5.41) is 0.919. The highest BCUT2D eigenvalue weighted by Gasteiger charge is 2.21. The van der Waals surface area contributed by atoms with Crippen LogP contribution in [0.2, 0.25) is 0 Å². The van der Waals surface area contributed by atoms with Crippen molar-refractivity contribution in [3.63, 3.8) is 0 Å². The fourth-order valence-corrected chi connectivity index (χ4v) is 4.64. The first-order valence-electron chi connectivity index (χ1n) is 8.81. The van der Waals surface area contributed by atoms with E-state index in [1.807, 2.05) is 4.57 Å². The zero-order chi connectivity index (χ0) is 15.4. The van der Waals surface area contributed by atoms with Gasteiger partial charge in [-0.15, -0.1) is 11.3 Å². The van der Waals surface area contributed by atoms with Crippen LogP contribution in [0, 0.1) is 0 Å². The molecule has 1 aliphatic carbocycles. The number of fused-ring (bicyclic) bond motifs is 3. The number of aromatic nitrogens is 2. The maximum Gasteiger partial charge on any atom is 0.262 e. The van der Waals surface area contributed by atoms with Crippen LogP contribution in [0.5, 0.6) is 0 Å². The number of rotatable bonds is 8. The van der Waals surface area contributed by atoms with E-state index in [9.17, 15) is 4.79 Å². The van der Waals surface area contributed by atoms with Crippen molar-refractivity contribution in [2.45, 2.75) is 77.7 Å². The minimum absolute atomic E-state index is 0.190. The van der Waals surface area contributed by atoms with Gasteiger partial charge in [-0.05, 0) is 31.2 Å². The average Bonchev–Trinajstić information content (AvgIpc) is 3.09. The summed E-state index contributed by atoms with van der Waals surface area (Å²) in [7, 11) is 0. The molecule has 120 valence electrons. The number of nitrogens with zero attached hydrogens (tertiary/aromatic N) is 2. The van der Waals surface area contributed by atoms with E-state index in [4.69, 9.17) is 0 Å². The lowest BCUT2D eigenvalue weighted by atomic mass is 10.1. The molecule has 0 fully saturated rings. The van der Waals surface area contributed by atoms with Crippen molar-refractivity contribution in [3.05, 3.63) is 27.1 Å². The summed E-state index contributed by atoms with van der Waals surface area (Å²) in [6, 6.07) is 0. The largest absolute Gasteiger partial charge is 0.299 e. The van der Waals surface area contributed by atoms with Crippen LogP contribution in [0.4, 0.5) is 0 Å². The SMILES string of the molecule is CCCCCCCCCn1cnc2sc3c(c2c1=O)CCC3. The van der Waals surface area contributed by atoms with Crippen LogP contribution >= 0.6 is 11.3 Å². The van der Waals surface area contributed by atoms with Gasteiger partial charge in [-0.2, -0.15) is 0 Å². The fraction of sp³-hybridized carbons (Fsp3) is 0.667. The number of unbranched alkanes of at least 4 members (excludes halogenated alkanes) is 6. The molecular weight excluding hydrogens is 292 g/mol. The van der Waals surface area contributed by atoms with Crippen molar-refractivity contribution in [1.29, 1.82) is 0 Å². The Morgan fingerprint density at radius 2 is 1.91 bits per heavy atom. The number of aryl methyl sites for hydroxylation is 3. The van der Waals surface area contributed by atoms with Gasteiger partial charge in [0.15, 0.2) is 0 Å². The fourth-order valence-electron chi connectivity index (χ4n) is 3.42. The zero-order valence-electron chi connectivity index (χ0n) is 13.6. The van der Waals surface area contributed by atoms with Crippen molar-refractivity contribution in [1.82, 2.24) is 9.55 Å². The Bertz CT molecular complexity index is 686. The predicted octanol–water partition coefficient (Wildman–Crippen LogP) is 4.70. The lowest BCUT2D eigenvalue weighted by molar-refractivity contribution is 0.541. The molecule has 1 aliphatic rings. The van der Waals surface area contributed by atoms with Crippen LogP contribution in [0.1, 0.15) is 68.7 Å². The van der Waals surface area contributed by atoms with Gasteiger partial charge in [-0.1, -0.05) is 45.4 Å². The molecule has 22 heavy (non-hydrogen) atoms. The van der Waals surface area contributed by atoms with Crippen LogP contribution in [0.3, 0.4) is 0 Å². The summed E-state index contributed by atoms with van der Waals surface area (Å²) < 4.78 is 1.83. The molecule has 0 unspecified atom stereocenters. The van der Waals surface area contributed by atoms with Crippen LogP contribution in [0.15, 0.2) is 11.1 Å². The van der Waals surface area contributed by atoms with Crippen molar-refractivity contribution in [2.24, 2.45) is 0 Å². The molecule has 3 rings (SSSR count). The molecule has 0 N–H and O–H groups in total. The highest BCUT2D eigenvalue weighted by Crippen LogP contribution is 2.34. The molecule has 2 aromatic rings. The van der Waals surface area contributed by atoms with Crippen LogP contribution in [0.25, 0.3) is 10.2 Å². The molecule has 0 radical (unpaired) electrons. The summed E-state index contributed by atoms with van der Waals surface area (Å²) in [5.74, 6) is 0. The van der Waals surface area contributed by atoms with Gasteiger partial charge in [0.25, 0.3) is 5.56 Å². The highest BCUT2D eigenvalue weighted by atomic mass is 32.1.